The summed E-state index contributed by atoms with van der Waals surface area (Å²) in [5.41, 5.74) is -4.47. The molecule has 3 N–H and O–H groups in total. The molecule has 0 bridgehead atoms. The minimum absolute atomic E-state index is 0.000871. The summed E-state index contributed by atoms with van der Waals surface area (Å²) >= 11 is 0. The molecular weight excluding hydrogens is 456 g/mol. The molecule has 0 spiro atoms. The predicted octanol–water partition coefficient (Wildman–Crippen LogP) is 4.67. The van der Waals surface area contributed by atoms with Gasteiger partial charge < -0.3 is 20.1 Å². The van der Waals surface area contributed by atoms with Crippen molar-refractivity contribution >= 4 is 11.8 Å². The summed E-state index contributed by atoms with van der Waals surface area (Å²) in [5, 5.41) is 36.0. The van der Waals surface area contributed by atoms with Gasteiger partial charge in [-0.3, -0.25) is 9.59 Å². The minimum atomic E-state index is -1.69. The lowest BCUT2D eigenvalue weighted by Gasteiger charge is -2.68. The summed E-state index contributed by atoms with van der Waals surface area (Å²) in [6.07, 6.45) is 4.06. The van der Waals surface area contributed by atoms with Crippen LogP contribution in [-0.2, 0) is 14.3 Å². The molecule has 4 fully saturated rings. The number of aliphatic hydroxyl groups is 3. The van der Waals surface area contributed by atoms with Crippen LogP contribution in [0.15, 0.2) is 0 Å². The third kappa shape index (κ3) is 4.00. The van der Waals surface area contributed by atoms with Gasteiger partial charge in [0.25, 0.3) is 0 Å². The summed E-state index contributed by atoms with van der Waals surface area (Å²) < 4.78 is 5.41. The molecule has 0 unspecified atom stereocenters. The Labute approximate surface area is 217 Å². The average molecular weight is 507 g/mol. The lowest BCUT2D eigenvalue weighted by molar-refractivity contribution is -0.310. The molecule has 0 radical (unpaired) electrons. The fraction of sp³-hybridized carbons (Fsp3) is 0.933. The molecule has 0 aromatic rings. The van der Waals surface area contributed by atoms with Gasteiger partial charge in [-0.25, -0.2) is 0 Å². The highest BCUT2D eigenvalue weighted by atomic mass is 16.5. The van der Waals surface area contributed by atoms with Gasteiger partial charge in [0.1, 0.15) is 17.5 Å². The standard InChI is InChI=1S/C30H50O6/c1-17(2)18(3)8-9-19(4)22-10-11-23-26-24(32)15-29(34)14-21(36-20(5)31)12-13-28(29,7)30(26,35)25(33)16-27(22,23)6/h17-19,21-23,25-26,33-35H,8-16H2,1-7H3/t18-,19+,21+,22+,23-,25-,26+,27+,28-,29-,30+/m0/s1. The van der Waals surface area contributed by atoms with E-state index >= 15 is 0 Å². The van der Waals surface area contributed by atoms with Crippen LogP contribution in [0.3, 0.4) is 0 Å². The van der Waals surface area contributed by atoms with E-state index in [1.165, 1.54) is 13.3 Å². The van der Waals surface area contributed by atoms with Gasteiger partial charge in [0.2, 0.25) is 0 Å². The van der Waals surface area contributed by atoms with Crippen molar-refractivity contribution in [2.75, 3.05) is 0 Å². The molecule has 4 aliphatic rings. The maximum atomic E-state index is 13.8. The van der Waals surface area contributed by atoms with Gasteiger partial charge in [-0.15, -0.1) is 0 Å². The van der Waals surface area contributed by atoms with Crippen molar-refractivity contribution in [1.29, 1.82) is 0 Å². The van der Waals surface area contributed by atoms with Gasteiger partial charge in [0.05, 0.1) is 17.6 Å². The Morgan fingerprint density at radius 1 is 1.06 bits per heavy atom. The maximum Gasteiger partial charge on any atom is 0.302 e. The molecule has 0 aliphatic heterocycles. The van der Waals surface area contributed by atoms with E-state index in [0.717, 1.165) is 19.3 Å². The van der Waals surface area contributed by atoms with Crippen molar-refractivity contribution < 1.29 is 29.6 Å². The third-order valence-corrected chi connectivity index (χ3v) is 12.0. The number of ketones is 1. The first-order valence-corrected chi connectivity index (χ1v) is 14.4. The van der Waals surface area contributed by atoms with E-state index in [-0.39, 0.29) is 30.0 Å². The number of carbonyl (C=O) groups excluding carboxylic acids is 2. The topological polar surface area (TPSA) is 104 Å². The van der Waals surface area contributed by atoms with Gasteiger partial charge in [0.15, 0.2) is 0 Å². The van der Waals surface area contributed by atoms with Crippen LogP contribution in [0.1, 0.15) is 106 Å². The number of hydrogen-bond acceptors (Lipinski definition) is 6. The first kappa shape index (κ1) is 28.0. The van der Waals surface area contributed by atoms with Crippen LogP contribution in [0.2, 0.25) is 0 Å². The maximum absolute atomic E-state index is 13.8. The molecule has 0 aromatic carbocycles. The van der Waals surface area contributed by atoms with Crippen molar-refractivity contribution in [3.05, 3.63) is 0 Å². The van der Waals surface area contributed by atoms with Gasteiger partial charge in [-0.2, -0.15) is 0 Å². The van der Waals surface area contributed by atoms with Gasteiger partial charge in [0, 0.05) is 25.2 Å². The highest BCUT2D eigenvalue weighted by molar-refractivity contribution is 5.86. The molecule has 4 rings (SSSR count). The lowest BCUT2D eigenvalue weighted by atomic mass is 9.39. The van der Waals surface area contributed by atoms with E-state index < -0.39 is 40.7 Å². The monoisotopic (exact) mass is 506 g/mol. The molecule has 0 saturated heterocycles. The number of fused-ring (bicyclic) bond motifs is 5. The molecule has 6 heteroatoms. The van der Waals surface area contributed by atoms with Crippen molar-refractivity contribution in [2.45, 2.75) is 130 Å². The summed E-state index contributed by atoms with van der Waals surface area (Å²) in [7, 11) is 0. The molecule has 0 heterocycles. The molecule has 6 nitrogen and oxygen atoms in total. The second-order valence-corrected chi connectivity index (χ2v) is 14.1. The van der Waals surface area contributed by atoms with Crippen LogP contribution in [0.4, 0.5) is 0 Å². The first-order valence-electron chi connectivity index (χ1n) is 14.4. The van der Waals surface area contributed by atoms with Crippen LogP contribution in [-0.4, -0.2) is 50.5 Å². The smallest absolute Gasteiger partial charge is 0.302 e. The number of ether oxygens (including phenoxy) is 1. The van der Waals surface area contributed by atoms with E-state index in [4.69, 9.17) is 4.74 Å². The van der Waals surface area contributed by atoms with Gasteiger partial charge in [-0.1, -0.05) is 54.4 Å². The predicted molar refractivity (Wildman–Crippen MR) is 138 cm³/mol. The number of esters is 1. The summed E-state index contributed by atoms with van der Waals surface area (Å²) in [5.74, 6) is 0.998. The number of rotatable bonds is 6. The number of hydrogen-bond donors (Lipinski definition) is 3. The Kier molecular flexibility index (Phi) is 7.27. The van der Waals surface area contributed by atoms with Gasteiger partial charge in [-0.05, 0) is 67.1 Å². The van der Waals surface area contributed by atoms with Crippen LogP contribution < -0.4 is 0 Å². The Bertz CT molecular complexity index is 872. The van der Waals surface area contributed by atoms with Crippen LogP contribution >= 0.6 is 0 Å². The Morgan fingerprint density at radius 3 is 2.33 bits per heavy atom. The zero-order valence-electron chi connectivity index (χ0n) is 23.5. The summed E-state index contributed by atoms with van der Waals surface area (Å²) in [6.45, 7) is 14.6. The average Bonchev–Trinajstić information content (AvgIpc) is 3.09. The molecule has 4 aliphatic carbocycles. The van der Waals surface area contributed by atoms with Crippen molar-refractivity contribution in [2.24, 2.45) is 46.3 Å². The quantitative estimate of drug-likeness (QED) is 0.453. The first-order chi connectivity index (χ1) is 16.6. The van der Waals surface area contributed by atoms with E-state index in [2.05, 4.69) is 34.6 Å². The fourth-order valence-electron chi connectivity index (χ4n) is 9.37. The van der Waals surface area contributed by atoms with Crippen molar-refractivity contribution in [3.63, 3.8) is 0 Å². The molecule has 4 saturated carbocycles. The molecule has 0 aromatic heterocycles. The number of aliphatic hydroxyl groups excluding tert-OH is 1. The van der Waals surface area contributed by atoms with E-state index in [1.54, 1.807) is 0 Å². The second-order valence-electron chi connectivity index (χ2n) is 14.1. The van der Waals surface area contributed by atoms with Crippen molar-refractivity contribution in [1.82, 2.24) is 0 Å². The zero-order chi connectivity index (χ0) is 26.8. The lowest BCUT2D eigenvalue weighted by Crippen LogP contribution is -2.78. The van der Waals surface area contributed by atoms with E-state index in [9.17, 15) is 24.9 Å². The number of carbonyl (C=O) groups is 2. The molecule has 206 valence electrons. The minimum Gasteiger partial charge on any atom is -0.462 e. The second kappa shape index (κ2) is 9.34. The van der Waals surface area contributed by atoms with Crippen LogP contribution in [0.25, 0.3) is 0 Å². The van der Waals surface area contributed by atoms with E-state index in [0.29, 0.717) is 42.9 Å². The Hall–Kier alpha value is -0.980. The molecular formula is C30H50O6. The fourth-order valence-corrected chi connectivity index (χ4v) is 9.37. The highest BCUT2D eigenvalue weighted by Gasteiger charge is 2.76. The Balaban J connectivity index is 1.62. The largest absolute Gasteiger partial charge is 0.462 e. The molecule has 0 amide bonds. The van der Waals surface area contributed by atoms with Gasteiger partial charge >= 0.3 is 5.97 Å². The van der Waals surface area contributed by atoms with E-state index in [1.807, 2.05) is 6.92 Å². The zero-order valence-corrected chi connectivity index (χ0v) is 23.5. The molecule has 36 heavy (non-hydrogen) atoms. The third-order valence-electron chi connectivity index (χ3n) is 12.0. The molecule has 11 atom stereocenters. The number of Topliss-reactive ketones (excluding diaryl/α,β-unsaturated/α-hetero) is 1. The van der Waals surface area contributed by atoms with Crippen LogP contribution in [0.5, 0.6) is 0 Å². The summed E-state index contributed by atoms with van der Waals surface area (Å²) in [4.78, 5) is 25.4. The van der Waals surface area contributed by atoms with Crippen molar-refractivity contribution in [3.8, 4) is 0 Å². The van der Waals surface area contributed by atoms with Crippen LogP contribution in [0, 0.1) is 46.3 Å². The SMILES string of the molecule is CC(=O)O[C@@H]1CC[C@@]2(C)[C@@](O)(CC(=O)[C@H]3[C@@H]4CC[C@H]([C@H](C)CC[C@H](C)C(C)C)[C@@]4(C)C[C@H](O)[C@@]32O)C1. The summed E-state index contributed by atoms with van der Waals surface area (Å²) in [6, 6.07) is 0. The normalized spacial score (nSPS) is 48.1. The highest BCUT2D eigenvalue weighted by Crippen LogP contribution is 2.70. The Morgan fingerprint density at radius 2 is 1.72 bits per heavy atom.